The highest BCUT2D eigenvalue weighted by atomic mass is 16.5. The topological polar surface area (TPSA) is 63.6 Å². The second kappa shape index (κ2) is 10.6. The number of nitrogens with zero attached hydrogens (tertiary/aromatic N) is 2. The Morgan fingerprint density at radius 3 is 2.67 bits per heavy atom. The van der Waals surface area contributed by atoms with Gasteiger partial charge >= 0.3 is 0 Å². The smallest absolute Gasteiger partial charge is 0.254 e. The Labute approximate surface area is 179 Å². The maximum atomic E-state index is 12.1. The Hall–Kier alpha value is -2.34. The second-order valence-corrected chi connectivity index (χ2v) is 8.78. The fraction of sp³-hybridized carbons (Fsp3) is 0.583. The number of para-hydroxylation sites is 1. The van der Waals surface area contributed by atoms with Crippen LogP contribution in [0.4, 0.5) is 0 Å². The first-order valence-electron chi connectivity index (χ1n) is 11.1. The number of carbonyl (C=O) groups is 1. The van der Waals surface area contributed by atoms with Crippen LogP contribution in [-0.4, -0.2) is 48.2 Å². The average Bonchev–Trinajstić information content (AvgIpc) is 2.71. The van der Waals surface area contributed by atoms with Gasteiger partial charge in [-0.05, 0) is 49.8 Å². The molecule has 1 aliphatic rings. The van der Waals surface area contributed by atoms with Gasteiger partial charge < -0.3 is 19.5 Å². The number of nitrogens with one attached hydrogen (secondary N) is 1. The van der Waals surface area contributed by atoms with Crippen LogP contribution in [0.1, 0.15) is 39.5 Å². The van der Waals surface area contributed by atoms with Crippen molar-refractivity contribution in [3.05, 3.63) is 40.7 Å². The lowest BCUT2D eigenvalue weighted by molar-refractivity contribution is -0.121. The third-order valence-electron chi connectivity index (χ3n) is 5.84. The molecule has 1 saturated heterocycles. The Kier molecular flexibility index (Phi) is 7.91. The number of benzene rings is 1. The number of rotatable bonds is 9. The van der Waals surface area contributed by atoms with Crippen LogP contribution < -0.4 is 15.6 Å². The number of amides is 1. The predicted octanol–water partition coefficient (Wildman–Crippen LogP) is 3.18. The molecule has 0 spiro atoms. The van der Waals surface area contributed by atoms with E-state index in [2.05, 4.69) is 24.1 Å². The number of pyridine rings is 1. The minimum absolute atomic E-state index is 0.0628. The summed E-state index contributed by atoms with van der Waals surface area (Å²) in [5, 5.41) is 3.92. The molecule has 2 atom stereocenters. The number of hydrogen-bond acceptors (Lipinski definition) is 4. The van der Waals surface area contributed by atoms with E-state index in [0.717, 1.165) is 42.2 Å². The minimum atomic E-state index is -0.0982. The average molecular weight is 414 g/mol. The number of aromatic nitrogens is 1. The Morgan fingerprint density at radius 2 is 1.90 bits per heavy atom. The summed E-state index contributed by atoms with van der Waals surface area (Å²) in [6.45, 7) is 9.17. The molecular weight excluding hydrogens is 378 g/mol. The summed E-state index contributed by atoms with van der Waals surface area (Å²) in [6, 6.07) is 9.20. The zero-order valence-electron chi connectivity index (χ0n) is 18.5. The molecule has 1 aromatic heterocycles. The molecule has 2 aromatic rings. The molecule has 0 saturated carbocycles. The summed E-state index contributed by atoms with van der Waals surface area (Å²) in [5.41, 5.74) is 0.745. The first-order valence-corrected chi connectivity index (χ1v) is 11.1. The molecule has 164 valence electrons. The van der Waals surface area contributed by atoms with E-state index < -0.39 is 0 Å². The van der Waals surface area contributed by atoms with Crippen molar-refractivity contribution >= 4 is 16.8 Å². The summed E-state index contributed by atoms with van der Waals surface area (Å²) in [6.07, 6.45) is 3.36. The van der Waals surface area contributed by atoms with Gasteiger partial charge in [-0.15, -0.1) is 0 Å². The molecule has 0 radical (unpaired) electrons. The lowest BCUT2D eigenvalue weighted by atomic mass is 9.92. The van der Waals surface area contributed by atoms with Crippen molar-refractivity contribution in [2.75, 3.05) is 32.8 Å². The highest BCUT2D eigenvalue weighted by molar-refractivity contribution is 5.85. The van der Waals surface area contributed by atoms with Crippen molar-refractivity contribution in [1.82, 2.24) is 14.8 Å². The SMILES string of the molecule is C[C@H]1C[C@H](C)CN(CCCNC(=O)CCCOc2cc(=O)n(C)c3ccccc23)C1. The molecule has 1 N–H and O–H groups in total. The fourth-order valence-electron chi connectivity index (χ4n) is 4.51. The summed E-state index contributed by atoms with van der Waals surface area (Å²) in [7, 11) is 1.76. The van der Waals surface area contributed by atoms with Crippen molar-refractivity contribution in [3.63, 3.8) is 0 Å². The van der Waals surface area contributed by atoms with Gasteiger partial charge in [0.2, 0.25) is 5.91 Å². The van der Waals surface area contributed by atoms with Gasteiger partial charge in [-0.3, -0.25) is 9.59 Å². The lowest BCUT2D eigenvalue weighted by Gasteiger charge is -2.34. The van der Waals surface area contributed by atoms with Crippen LogP contribution in [0.5, 0.6) is 5.75 Å². The zero-order valence-corrected chi connectivity index (χ0v) is 18.5. The van der Waals surface area contributed by atoms with Crippen LogP contribution in [0.25, 0.3) is 10.9 Å². The van der Waals surface area contributed by atoms with Crippen molar-refractivity contribution in [1.29, 1.82) is 0 Å². The van der Waals surface area contributed by atoms with Crippen LogP contribution in [0.15, 0.2) is 35.1 Å². The molecule has 3 rings (SSSR count). The number of ether oxygens (including phenoxy) is 1. The quantitative estimate of drug-likeness (QED) is 0.642. The highest BCUT2D eigenvalue weighted by Crippen LogP contribution is 2.23. The van der Waals surface area contributed by atoms with Crippen molar-refractivity contribution < 1.29 is 9.53 Å². The third-order valence-corrected chi connectivity index (χ3v) is 5.84. The van der Waals surface area contributed by atoms with Gasteiger partial charge in [0.1, 0.15) is 5.75 Å². The number of aryl methyl sites for hydroxylation is 1. The number of likely N-dealkylation sites (tertiary alicyclic amines) is 1. The molecule has 1 fully saturated rings. The first-order chi connectivity index (χ1) is 14.4. The van der Waals surface area contributed by atoms with E-state index in [4.69, 9.17) is 4.74 Å². The number of hydrogen-bond donors (Lipinski definition) is 1. The van der Waals surface area contributed by atoms with E-state index in [1.807, 2.05) is 24.3 Å². The van der Waals surface area contributed by atoms with Crippen LogP contribution >= 0.6 is 0 Å². The van der Waals surface area contributed by atoms with Crippen LogP contribution in [0.3, 0.4) is 0 Å². The summed E-state index contributed by atoms with van der Waals surface area (Å²) < 4.78 is 7.44. The molecule has 1 aliphatic heterocycles. The summed E-state index contributed by atoms with van der Waals surface area (Å²) in [5.74, 6) is 2.18. The van der Waals surface area contributed by atoms with Crippen LogP contribution in [-0.2, 0) is 11.8 Å². The van der Waals surface area contributed by atoms with E-state index >= 15 is 0 Å². The molecule has 0 unspecified atom stereocenters. The zero-order chi connectivity index (χ0) is 21.5. The van der Waals surface area contributed by atoms with Gasteiger partial charge in [0.25, 0.3) is 5.56 Å². The molecule has 2 heterocycles. The van der Waals surface area contributed by atoms with Crippen LogP contribution in [0, 0.1) is 11.8 Å². The van der Waals surface area contributed by atoms with E-state index in [1.165, 1.54) is 25.6 Å². The number of carbonyl (C=O) groups excluding carboxylic acids is 1. The predicted molar refractivity (Wildman–Crippen MR) is 121 cm³/mol. The molecule has 30 heavy (non-hydrogen) atoms. The fourth-order valence-corrected chi connectivity index (χ4v) is 4.51. The number of piperidine rings is 1. The standard InChI is InChI=1S/C24H35N3O3/c1-18-14-19(2)17-27(16-18)12-7-11-25-23(28)10-6-13-30-22-15-24(29)26(3)21-9-5-4-8-20(21)22/h4-5,8-9,15,18-19H,6-7,10-14,16-17H2,1-3H3,(H,25,28)/t18-,19-/m0/s1. The highest BCUT2D eigenvalue weighted by Gasteiger charge is 2.21. The van der Waals surface area contributed by atoms with E-state index in [-0.39, 0.29) is 11.5 Å². The van der Waals surface area contributed by atoms with Crippen molar-refractivity contribution in [2.45, 2.75) is 39.5 Å². The molecule has 6 heteroatoms. The van der Waals surface area contributed by atoms with Gasteiger partial charge in [0.05, 0.1) is 12.1 Å². The summed E-state index contributed by atoms with van der Waals surface area (Å²) >= 11 is 0. The Morgan fingerprint density at radius 1 is 1.17 bits per heavy atom. The monoisotopic (exact) mass is 413 g/mol. The lowest BCUT2D eigenvalue weighted by Crippen LogP contribution is -2.40. The molecule has 1 amide bonds. The van der Waals surface area contributed by atoms with Gasteiger partial charge in [0, 0.05) is 44.6 Å². The number of fused-ring (bicyclic) bond motifs is 1. The first kappa shape index (κ1) is 22.3. The molecular formula is C24H35N3O3. The van der Waals surface area contributed by atoms with Crippen molar-refractivity contribution in [3.8, 4) is 5.75 Å². The van der Waals surface area contributed by atoms with Gasteiger partial charge in [-0.25, -0.2) is 0 Å². The largest absolute Gasteiger partial charge is 0.493 e. The normalized spacial score (nSPS) is 19.7. The molecule has 1 aromatic carbocycles. The van der Waals surface area contributed by atoms with Crippen LogP contribution in [0.2, 0.25) is 0 Å². The Bertz CT molecular complexity index is 898. The molecule has 6 nitrogen and oxygen atoms in total. The third kappa shape index (κ3) is 6.08. The van der Waals surface area contributed by atoms with Gasteiger partial charge in [-0.1, -0.05) is 26.0 Å². The van der Waals surface area contributed by atoms with E-state index in [9.17, 15) is 9.59 Å². The van der Waals surface area contributed by atoms with E-state index in [1.54, 1.807) is 11.6 Å². The van der Waals surface area contributed by atoms with E-state index in [0.29, 0.717) is 25.2 Å². The second-order valence-electron chi connectivity index (χ2n) is 8.78. The minimum Gasteiger partial charge on any atom is -0.493 e. The molecule has 0 bridgehead atoms. The van der Waals surface area contributed by atoms with Crippen molar-refractivity contribution in [2.24, 2.45) is 18.9 Å². The van der Waals surface area contributed by atoms with Gasteiger partial charge in [0.15, 0.2) is 0 Å². The Balaban J connectivity index is 1.35. The summed E-state index contributed by atoms with van der Waals surface area (Å²) in [4.78, 5) is 26.7. The van der Waals surface area contributed by atoms with Gasteiger partial charge in [-0.2, -0.15) is 0 Å². The maximum Gasteiger partial charge on any atom is 0.254 e. The molecule has 0 aliphatic carbocycles. The maximum absolute atomic E-state index is 12.1.